The quantitative estimate of drug-likeness (QED) is 0.381. The van der Waals surface area contributed by atoms with Crippen molar-refractivity contribution in [2.24, 2.45) is 0 Å². The maximum Gasteiger partial charge on any atom is 0.243 e. The molecule has 0 unspecified atom stereocenters. The molecule has 0 aliphatic carbocycles. The number of hydrogen-bond donors (Lipinski definition) is 1. The number of anilines is 1. The molecule has 4 aromatic rings. The molecule has 3 aromatic carbocycles. The Morgan fingerprint density at radius 1 is 1.00 bits per heavy atom. The smallest absolute Gasteiger partial charge is 0.243 e. The predicted molar refractivity (Wildman–Crippen MR) is 135 cm³/mol. The van der Waals surface area contributed by atoms with Gasteiger partial charge in [-0.3, -0.25) is 9.10 Å². The molecule has 1 aromatic heterocycles. The number of nitrogens with zero attached hydrogens (tertiary/aromatic N) is 3. The fraction of sp³-hybridized carbons (Fsp3) is 0.154. The SMILES string of the molecule is C[C@H](C(=O)NCc1ccc(-n2ccnc2)cc1)N(c1ccc(Oc2ccccc2)cc1)S(C)(=O)=O. The standard InChI is InChI=1S/C26H26N4O4S/c1-20(26(31)28-18-21-8-10-22(11-9-21)29-17-16-27-19-29)30(35(2,32)33)23-12-14-25(15-13-23)34-24-6-4-3-5-7-24/h3-17,19-20H,18H2,1-2H3,(H,28,31)/t20-/m1/s1. The lowest BCUT2D eigenvalue weighted by atomic mass is 10.2. The lowest BCUT2D eigenvalue weighted by Crippen LogP contribution is -2.47. The van der Waals surface area contributed by atoms with E-state index in [1.807, 2.05) is 65.4 Å². The molecule has 0 aliphatic heterocycles. The van der Waals surface area contributed by atoms with E-state index in [2.05, 4.69) is 10.3 Å². The zero-order chi connectivity index (χ0) is 24.8. The molecule has 1 atom stereocenters. The second kappa shape index (κ2) is 10.4. The third-order valence-electron chi connectivity index (χ3n) is 5.36. The van der Waals surface area contributed by atoms with Crippen LogP contribution in [0.4, 0.5) is 5.69 Å². The van der Waals surface area contributed by atoms with Crippen molar-refractivity contribution in [1.82, 2.24) is 14.9 Å². The first kappa shape index (κ1) is 24.0. The summed E-state index contributed by atoms with van der Waals surface area (Å²) in [6.07, 6.45) is 6.34. The minimum Gasteiger partial charge on any atom is -0.457 e. The summed E-state index contributed by atoms with van der Waals surface area (Å²) in [4.78, 5) is 16.9. The van der Waals surface area contributed by atoms with Crippen LogP contribution >= 0.6 is 0 Å². The van der Waals surface area contributed by atoms with Gasteiger partial charge >= 0.3 is 0 Å². The van der Waals surface area contributed by atoms with Crippen molar-refractivity contribution in [3.63, 3.8) is 0 Å². The number of carbonyl (C=O) groups excluding carboxylic acids is 1. The molecule has 0 fully saturated rings. The van der Waals surface area contributed by atoms with E-state index >= 15 is 0 Å². The average Bonchev–Trinajstić information content (AvgIpc) is 3.39. The number of ether oxygens (including phenoxy) is 1. The third-order valence-corrected chi connectivity index (χ3v) is 6.61. The fourth-order valence-corrected chi connectivity index (χ4v) is 4.80. The van der Waals surface area contributed by atoms with Crippen LogP contribution in [0.2, 0.25) is 0 Å². The van der Waals surface area contributed by atoms with Crippen molar-refractivity contribution >= 4 is 21.6 Å². The van der Waals surface area contributed by atoms with Crippen molar-refractivity contribution in [3.05, 3.63) is 103 Å². The van der Waals surface area contributed by atoms with Crippen LogP contribution in [0, 0.1) is 0 Å². The third kappa shape index (κ3) is 6.07. The monoisotopic (exact) mass is 490 g/mol. The zero-order valence-corrected chi connectivity index (χ0v) is 20.2. The van der Waals surface area contributed by atoms with Gasteiger partial charge in [-0.2, -0.15) is 0 Å². The maximum absolute atomic E-state index is 12.9. The Labute approximate surface area is 204 Å². The number of sulfonamides is 1. The summed E-state index contributed by atoms with van der Waals surface area (Å²) in [5, 5.41) is 2.83. The van der Waals surface area contributed by atoms with Crippen LogP contribution in [-0.4, -0.2) is 36.2 Å². The van der Waals surface area contributed by atoms with E-state index in [4.69, 9.17) is 4.74 Å². The molecule has 0 radical (unpaired) electrons. The number of carbonyl (C=O) groups is 1. The highest BCUT2D eigenvalue weighted by molar-refractivity contribution is 7.92. The Bertz CT molecular complexity index is 1360. The first-order valence-electron chi connectivity index (χ1n) is 11.0. The van der Waals surface area contributed by atoms with E-state index in [1.54, 1.807) is 43.7 Å². The molecule has 0 bridgehead atoms. The highest BCUT2D eigenvalue weighted by atomic mass is 32.2. The van der Waals surface area contributed by atoms with Crippen LogP contribution in [0.25, 0.3) is 5.69 Å². The summed E-state index contributed by atoms with van der Waals surface area (Å²) in [6, 6.07) is 22.6. The molecule has 0 aliphatic rings. The van der Waals surface area contributed by atoms with Crippen LogP contribution in [0.5, 0.6) is 11.5 Å². The van der Waals surface area contributed by atoms with Gasteiger partial charge in [0.1, 0.15) is 17.5 Å². The lowest BCUT2D eigenvalue weighted by molar-refractivity contribution is -0.122. The minimum absolute atomic E-state index is 0.273. The largest absolute Gasteiger partial charge is 0.457 e. The van der Waals surface area contributed by atoms with E-state index in [9.17, 15) is 13.2 Å². The molecular formula is C26H26N4O4S. The van der Waals surface area contributed by atoms with Gasteiger partial charge in [0.25, 0.3) is 0 Å². The Morgan fingerprint density at radius 2 is 1.66 bits per heavy atom. The molecule has 9 heteroatoms. The molecule has 0 spiro atoms. The summed E-state index contributed by atoms with van der Waals surface area (Å²) in [6.45, 7) is 1.84. The summed E-state index contributed by atoms with van der Waals surface area (Å²) < 4.78 is 33.9. The second-order valence-electron chi connectivity index (χ2n) is 8.00. The number of rotatable bonds is 9. The van der Waals surface area contributed by atoms with Crippen molar-refractivity contribution < 1.29 is 17.9 Å². The van der Waals surface area contributed by atoms with Gasteiger partial charge in [-0.25, -0.2) is 13.4 Å². The second-order valence-corrected chi connectivity index (χ2v) is 9.86. The number of nitrogens with one attached hydrogen (secondary N) is 1. The lowest BCUT2D eigenvalue weighted by Gasteiger charge is -2.28. The number of benzene rings is 3. The molecule has 1 amide bonds. The molecule has 1 N–H and O–H groups in total. The van der Waals surface area contributed by atoms with E-state index in [-0.39, 0.29) is 6.54 Å². The van der Waals surface area contributed by atoms with E-state index in [0.717, 1.165) is 21.8 Å². The van der Waals surface area contributed by atoms with Crippen LogP contribution in [0.3, 0.4) is 0 Å². The summed E-state index contributed by atoms with van der Waals surface area (Å²) in [7, 11) is -3.72. The van der Waals surface area contributed by atoms with Crippen molar-refractivity contribution in [2.45, 2.75) is 19.5 Å². The molecule has 8 nitrogen and oxygen atoms in total. The molecular weight excluding hydrogens is 464 g/mol. The van der Waals surface area contributed by atoms with Crippen LogP contribution < -0.4 is 14.4 Å². The fourth-order valence-electron chi connectivity index (χ4n) is 3.63. The predicted octanol–water partition coefficient (Wildman–Crippen LogP) is 4.14. The first-order valence-corrected chi connectivity index (χ1v) is 12.8. The Morgan fingerprint density at radius 3 is 2.26 bits per heavy atom. The van der Waals surface area contributed by atoms with Crippen molar-refractivity contribution in [3.8, 4) is 17.2 Å². The number of para-hydroxylation sites is 1. The Hall–Kier alpha value is -4.11. The van der Waals surface area contributed by atoms with Crippen LogP contribution in [0.1, 0.15) is 12.5 Å². The summed E-state index contributed by atoms with van der Waals surface area (Å²) >= 11 is 0. The molecule has 0 saturated carbocycles. The van der Waals surface area contributed by atoms with Gasteiger partial charge in [0.05, 0.1) is 18.3 Å². The number of hydrogen-bond acceptors (Lipinski definition) is 5. The van der Waals surface area contributed by atoms with Crippen molar-refractivity contribution in [2.75, 3.05) is 10.6 Å². The average molecular weight is 491 g/mol. The maximum atomic E-state index is 12.9. The molecule has 1 heterocycles. The van der Waals surface area contributed by atoms with Gasteiger partial charge in [0.15, 0.2) is 0 Å². The molecule has 180 valence electrons. The summed E-state index contributed by atoms with van der Waals surface area (Å²) in [5.74, 6) is 0.828. The van der Waals surface area contributed by atoms with Gasteiger partial charge < -0.3 is 14.6 Å². The van der Waals surface area contributed by atoms with E-state index in [1.165, 1.54) is 0 Å². The highest BCUT2D eigenvalue weighted by Gasteiger charge is 2.29. The van der Waals surface area contributed by atoms with E-state index in [0.29, 0.717) is 17.2 Å². The van der Waals surface area contributed by atoms with Gasteiger partial charge in [0, 0.05) is 24.6 Å². The first-order chi connectivity index (χ1) is 16.8. The molecule has 35 heavy (non-hydrogen) atoms. The van der Waals surface area contributed by atoms with Gasteiger partial charge in [-0.05, 0) is 61.0 Å². The van der Waals surface area contributed by atoms with Gasteiger partial charge in [-0.15, -0.1) is 0 Å². The van der Waals surface area contributed by atoms with Crippen LogP contribution in [0.15, 0.2) is 97.6 Å². The van der Waals surface area contributed by atoms with Crippen molar-refractivity contribution in [1.29, 1.82) is 0 Å². The normalized spacial score (nSPS) is 12.1. The highest BCUT2D eigenvalue weighted by Crippen LogP contribution is 2.27. The molecule has 0 saturated heterocycles. The minimum atomic E-state index is -3.72. The molecule has 4 rings (SSSR count). The Kier molecular flexibility index (Phi) is 7.17. The zero-order valence-electron chi connectivity index (χ0n) is 19.4. The number of imidazole rings is 1. The number of aromatic nitrogens is 2. The number of amides is 1. The van der Waals surface area contributed by atoms with Crippen LogP contribution in [-0.2, 0) is 21.4 Å². The van der Waals surface area contributed by atoms with E-state index < -0.39 is 22.0 Å². The summed E-state index contributed by atoms with van der Waals surface area (Å²) in [5.41, 5.74) is 2.22. The topological polar surface area (TPSA) is 93.5 Å². The van der Waals surface area contributed by atoms with Gasteiger partial charge in [-0.1, -0.05) is 30.3 Å². The Balaban J connectivity index is 1.42. The van der Waals surface area contributed by atoms with Gasteiger partial charge in [0.2, 0.25) is 15.9 Å².